The maximum absolute atomic E-state index is 11.0. The number of carbonyl (C=O) groups is 1. The molecular weight excluding hydrogens is 292 g/mol. The van der Waals surface area contributed by atoms with Gasteiger partial charge in [-0.25, -0.2) is 0 Å². The van der Waals surface area contributed by atoms with Crippen LogP contribution in [0, 0.1) is 23.3 Å². The number of methoxy groups -OCH3 is 1. The molecule has 0 heterocycles. The quantitative estimate of drug-likeness (QED) is 0.346. The van der Waals surface area contributed by atoms with E-state index in [4.69, 9.17) is 9.47 Å². The number of rotatable bonds is 4. The first-order valence-corrected chi connectivity index (χ1v) is 10.9. The van der Waals surface area contributed by atoms with E-state index in [1.54, 1.807) is 19.3 Å². The van der Waals surface area contributed by atoms with Crippen molar-refractivity contribution in [1.82, 2.24) is 0 Å². The van der Waals surface area contributed by atoms with Crippen molar-refractivity contribution in [2.75, 3.05) is 13.9 Å². The largest absolute Gasteiger partial charge is 0.359 e. The van der Waals surface area contributed by atoms with E-state index in [2.05, 4.69) is 42.9 Å². The maximum Gasteiger partial charge on any atom is 0.148 e. The molecule has 0 saturated heterocycles. The molecule has 1 unspecified atom stereocenters. The second-order valence-electron chi connectivity index (χ2n) is 6.28. The molecular formula is C18H24O3Si. The predicted molar refractivity (Wildman–Crippen MR) is 91.7 cm³/mol. The lowest BCUT2D eigenvalue weighted by Crippen LogP contribution is -2.34. The zero-order valence-corrected chi connectivity index (χ0v) is 14.9. The van der Waals surface area contributed by atoms with Gasteiger partial charge in [0.05, 0.1) is 0 Å². The van der Waals surface area contributed by atoms with Gasteiger partial charge in [-0.05, 0) is 30.6 Å². The summed E-state index contributed by atoms with van der Waals surface area (Å²) in [5, 5.41) is 0. The van der Waals surface area contributed by atoms with E-state index in [1.807, 2.05) is 6.08 Å². The Labute approximate surface area is 134 Å². The van der Waals surface area contributed by atoms with Crippen molar-refractivity contribution in [2.45, 2.75) is 44.5 Å². The first-order chi connectivity index (χ1) is 10.4. The molecule has 0 saturated carbocycles. The first-order valence-electron chi connectivity index (χ1n) is 7.38. The van der Waals surface area contributed by atoms with Crippen molar-refractivity contribution >= 4 is 14.4 Å². The molecule has 0 radical (unpaired) electrons. The van der Waals surface area contributed by atoms with Gasteiger partial charge in [-0.2, -0.15) is 0 Å². The Bertz CT molecular complexity index is 561. The third-order valence-corrected chi connectivity index (χ3v) is 3.94. The predicted octanol–water partition coefficient (Wildman–Crippen LogP) is 3.10. The smallest absolute Gasteiger partial charge is 0.148 e. The van der Waals surface area contributed by atoms with Gasteiger partial charge in [0, 0.05) is 13.5 Å². The van der Waals surface area contributed by atoms with Crippen LogP contribution >= 0.6 is 0 Å². The summed E-state index contributed by atoms with van der Waals surface area (Å²) in [4.78, 5) is 11.0. The lowest BCUT2D eigenvalue weighted by molar-refractivity contribution is -0.114. The number of aldehydes is 1. The van der Waals surface area contributed by atoms with E-state index in [1.165, 1.54) is 0 Å². The molecule has 22 heavy (non-hydrogen) atoms. The van der Waals surface area contributed by atoms with Gasteiger partial charge < -0.3 is 9.47 Å². The molecule has 1 rings (SSSR count). The fourth-order valence-corrected chi connectivity index (χ4v) is 2.54. The molecule has 0 amide bonds. The van der Waals surface area contributed by atoms with E-state index < -0.39 is 13.7 Å². The van der Waals surface area contributed by atoms with Crippen molar-refractivity contribution in [3.05, 3.63) is 23.8 Å². The van der Waals surface area contributed by atoms with Crippen LogP contribution in [0.5, 0.6) is 0 Å². The Morgan fingerprint density at radius 1 is 1.32 bits per heavy atom. The molecule has 0 aliphatic heterocycles. The summed E-state index contributed by atoms with van der Waals surface area (Å²) in [5.41, 5.74) is 3.34. The van der Waals surface area contributed by atoms with E-state index in [0.717, 1.165) is 24.7 Å². The van der Waals surface area contributed by atoms with Crippen LogP contribution in [0.25, 0.3) is 0 Å². The molecule has 118 valence electrons. The molecule has 0 bridgehead atoms. The second-order valence-corrected chi connectivity index (χ2v) is 11.0. The average molecular weight is 316 g/mol. The van der Waals surface area contributed by atoms with Crippen molar-refractivity contribution in [3.8, 4) is 23.3 Å². The monoisotopic (exact) mass is 316 g/mol. The summed E-state index contributed by atoms with van der Waals surface area (Å²) in [7, 11) is 0.231. The normalized spacial score (nSPS) is 21.4. The van der Waals surface area contributed by atoms with Crippen LogP contribution in [0.2, 0.25) is 19.6 Å². The van der Waals surface area contributed by atoms with E-state index >= 15 is 0 Å². The molecule has 0 aromatic heterocycles. The van der Waals surface area contributed by atoms with Crippen molar-refractivity contribution in [3.63, 3.8) is 0 Å². The summed E-state index contributed by atoms with van der Waals surface area (Å²) >= 11 is 0. The number of carbonyl (C=O) groups excluding carboxylic acids is 1. The molecule has 1 atom stereocenters. The Balaban J connectivity index is 2.80. The summed E-state index contributed by atoms with van der Waals surface area (Å²) < 4.78 is 10.7. The fraction of sp³-hybridized carbons (Fsp3) is 0.500. The van der Waals surface area contributed by atoms with Crippen LogP contribution in [-0.2, 0) is 14.3 Å². The van der Waals surface area contributed by atoms with E-state index in [-0.39, 0.29) is 6.79 Å². The number of allylic oxidation sites excluding steroid dienone is 3. The van der Waals surface area contributed by atoms with Crippen LogP contribution in [0.3, 0.4) is 0 Å². The minimum atomic E-state index is -1.34. The van der Waals surface area contributed by atoms with Crippen molar-refractivity contribution in [2.24, 2.45) is 0 Å². The number of hydrogen-bond acceptors (Lipinski definition) is 3. The van der Waals surface area contributed by atoms with Crippen molar-refractivity contribution < 1.29 is 14.3 Å². The minimum absolute atomic E-state index is 0.167. The molecule has 3 nitrogen and oxygen atoms in total. The summed E-state index contributed by atoms with van der Waals surface area (Å²) in [6.07, 6.45) is 8.37. The van der Waals surface area contributed by atoms with Crippen LogP contribution in [0.15, 0.2) is 23.8 Å². The van der Waals surface area contributed by atoms with Crippen molar-refractivity contribution in [1.29, 1.82) is 0 Å². The van der Waals surface area contributed by atoms with Crippen LogP contribution in [0.1, 0.15) is 19.3 Å². The molecule has 0 aromatic rings. The maximum atomic E-state index is 11.0. The zero-order chi connectivity index (χ0) is 16.5. The van der Waals surface area contributed by atoms with Gasteiger partial charge in [0.2, 0.25) is 0 Å². The fourth-order valence-electron chi connectivity index (χ4n) is 2.02. The Morgan fingerprint density at radius 2 is 2.05 bits per heavy atom. The first kappa shape index (κ1) is 18.5. The molecule has 0 N–H and O–H groups in total. The Kier molecular flexibility index (Phi) is 7.34. The Morgan fingerprint density at radius 3 is 2.68 bits per heavy atom. The number of hydrogen-bond donors (Lipinski definition) is 0. The Hall–Kier alpha value is -1.59. The summed E-state index contributed by atoms with van der Waals surface area (Å²) in [6.45, 7) is 6.76. The molecule has 0 fully saturated rings. The second kappa shape index (κ2) is 8.75. The molecule has 4 heteroatoms. The highest BCUT2D eigenvalue weighted by Gasteiger charge is 2.32. The SMILES string of the molecule is COCOC1(C#C/C=C\C#C[Si](C)(C)C)CCC=C(C=O)C1. The lowest BCUT2D eigenvalue weighted by Gasteiger charge is -2.31. The molecule has 0 spiro atoms. The van der Waals surface area contributed by atoms with Gasteiger partial charge in [0.1, 0.15) is 26.8 Å². The van der Waals surface area contributed by atoms with Gasteiger partial charge in [-0.1, -0.05) is 43.5 Å². The van der Waals surface area contributed by atoms with Gasteiger partial charge >= 0.3 is 0 Å². The molecule has 1 aliphatic rings. The van der Waals surface area contributed by atoms with Crippen LogP contribution in [0.4, 0.5) is 0 Å². The van der Waals surface area contributed by atoms with Gasteiger partial charge in [0.15, 0.2) is 0 Å². The van der Waals surface area contributed by atoms with Gasteiger partial charge in [0.25, 0.3) is 0 Å². The lowest BCUT2D eigenvalue weighted by atomic mass is 9.85. The summed E-state index contributed by atoms with van der Waals surface area (Å²) in [5.74, 6) is 9.17. The standard InChI is InChI=1S/C18H24O3Si/c1-20-16-21-18(12-9-10-17(14-18)15-19)11-7-5-6-8-13-22(2,3)4/h5-6,10,15H,9,12,14,16H2,1-4H3/b6-5-. The van der Waals surface area contributed by atoms with E-state index in [9.17, 15) is 4.79 Å². The highest BCUT2D eigenvalue weighted by atomic mass is 28.3. The average Bonchev–Trinajstić information content (AvgIpc) is 2.48. The highest BCUT2D eigenvalue weighted by molar-refractivity contribution is 6.83. The third kappa shape index (κ3) is 6.91. The zero-order valence-electron chi connectivity index (χ0n) is 13.9. The van der Waals surface area contributed by atoms with Crippen LogP contribution < -0.4 is 0 Å². The minimum Gasteiger partial charge on any atom is -0.359 e. The third-order valence-electron chi connectivity index (χ3n) is 3.05. The van der Waals surface area contributed by atoms with E-state index in [0.29, 0.717) is 6.42 Å². The molecule has 1 aliphatic carbocycles. The molecule has 0 aromatic carbocycles. The van der Waals surface area contributed by atoms with Gasteiger partial charge in [-0.3, -0.25) is 4.79 Å². The highest BCUT2D eigenvalue weighted by Crippen LogP contribution is 2.30. The topological polar surface area (TPSA) is 35.5 Å². The van der Waals surface area contributed by atoms with Gasteiger partial charge in [-0.15, -0.1) is 5.54 Å². The summed E-state index contributed by atoms with van der Waals surface area (Å²) in [6, 6.07) is 0. The van der Waals surface area contributed by atoms with Crippen LogP contribution in [-0.4, -0.2) is 33.9 Å². The number of ether oxygens (including phenoxy) is 2.